The Morgan fingerprint density at radius 3 is 2.86 bits per heavy atom. The molecule has 2 nitrogen and oxygen atoms in total. The second-order valence-corrected chi connectivity index (χ2v) is 7.60. The molecule has 1 saturated heterocycles. The summed E-state index contributed by atoms with van der Waals surface area (Å²) in [5.41, 5.74) is 1.25. The molecule has 1 heterocycles. The molecule has 1 fully saturated rings. The Bertz CT molecular complexity index is 456. The van der Waals surface area contributed by atoms with Crippen LogP contribution in [0.2, 0.25) is 10.0 Å². The van der Waals surface area contributed by atoms with Gasteiger partial charge in [0.2, 0.25) is 0 Å². The first kappa shape index (κ1) is 17.4. The molecular weight excluding hydrogens is 323 g/mol. The average molecular weight is 347 g/mol. The Labute approximate surface area is 142 Å². The number of hydrogen-bond donors (Lipinski definition) is 1. The molecule has 118 valence electrons. The van der Waals surface area contributed by atoms with Crippen LogP contribution < -0.4 is 5.32 Å². The van der Waals surface area contributed by atoms with E-state index in [0.29, 0.717) is 22.1 Å². The molecule has 0 bridgehead atoms. The van der Waals surface area contributed by atoms with Gasteiger partial charge in [-0.3, -0.25) is 0 Å². The van der Waals surface area contributed by atoms with Crippen molar-refractivity contribution in [3.05, 3.63) is 33.8 Å². The number of hydrogen-bond acceptors (Lipinski definition) is 3. The fourth-order valence-corrected chi connectivity index (χ4v) is 4.36. The van der Waals surface area contributed by atoms with Crippen LogP contribution >= 0.6 is 35.0 Å². The van der Waals surface area contributed by atoms with Gasteiger partial charge in [-0.15, -0.1) is 0 Å². The molecule has 0 aliphatic carbocycles. The molecule has 0 aromatic heterocycles. The molecule has 5 heteroatoms. The van der Waals surface area contributed by atoms with Crippen LogP contribution in [0, 0.1) is 0 Å². The quantitative estimate of drug-likeness (QED) is 0.839. The minimum absolute atomic E-state index is 0.458. The Morgan fingerprint density at radius 2 is 2.19 bits per heavy atom. The van der Waals surface area contributed by atoms with Gasteiger partial charge in [-0.05, 0) is 44.1 Å². The van der Waals surface area contributed by atoms with E-state index < -0.39 is 0 Å². The molecule has 0 spiro atoms. The zero-order chi connectivity index (χ0) is 15.2. The van der Waals surface area contributed by atoms with Crippen molar-refractivity contribution in [2.24, 2.45) is 0 Å². The fourth-order valence-electron chi connectivity index (χ4n) is 2.72. The minimum Gasteiger partial charge on any atom is -0.312 e. The van der Waals surface area contributed by atoms with Crippen LogP contribution in [-0.4, -0.2) is 48.6 Å². The molecule has 1 aliphatic rings. The summed E-state index contributed by atoms with van der Waals surface area (Å²) in [6.45, 7) is 4.44. The number of halogens is 2. The van der Waals surface area contributed by atoms with Gasteiger partial charge in [-0.25, -0.2) is 0 Å². The highest BCUT2D eigenvalue weighted by atomic mass is 35.5. The number of rotatable bonds is 6. The van der Waals surface area contributed by atoms with Gasteiger partial charge in [-0.2, -0.15) is 11.8 Å². The zero-order valence-corrected chi connectivity index (χ0v) is 15.1. The first-order valence-corrected chi connectivity index (χ1v) is 9.48. The van der Waals surface area contributed by atoms with E-state index in [0.717, 1.165) is 19.4 Å². The van der Waals surface area contributed by atoms with Crippen molar-refractivity contribution in [2.45, 2.75) is 31.8 Å². The standard InChI is InChI=1S/C16H24Cl2N2S/c1-3-6-19-15(16-11-21-8-7-20(16)2)10-12-4-5-13(17)14(18)9-12/h4-5,9,15-16,19H,3,6-8,10-11H2,1-2H3. The van der Waals surface area contributed by atoms with Crippen molar-refractivity contribution < 1.29 is 0 Å². The number of benzene rings is 1. The topological polar surface area (TPSA) is 15.3 Å². The average Bonchev–Trinajstić information content (AvgIpc) is 2.48. The maximum Gasteiger partial charge on any atom is 0.0595 e. The molecule has 21 heavy (non-hydrogen) atoms. The monoisotopic (exact) mass is 346 g/mol. The number of likely N-dealkylation sites (N-methyl/N-ethyl adjacent to an activating group) is 1. The third-order valence-electron chi connectivity index (χ3n) is 4.00. The molecule has 2 unspecified atom stereocenters. The van der Waals surface area contributed by atoms with Gasteiger partial charge in [-0.1, -0.05) is 36.2 Å². The fraction of sp³-hybridized carbons (Fsp3) is 0.625. The van der Waals surface area contributed by atoms with Crippen LogP contribution in [0.5, 0.6) is 0 Å². The van der Waals surface area contributed by atoms with E-state index in [-0.39, 0.29) is 0 Å². The van der Waals surface area contributed by atoms with Gasteiger partial charge < -0.3 is 10.2 Å². The van der Waals surface area contributed by atoms with Gasteiger partial charge in [0.1, 0.15) is 0 Å². The lowest BCUT2D eigenvalue weighted by Crippen LogP contribution is -2.53. The molecule has 1 aromatic rings. The van der Waals surface area contributed by atoms with E-state index in [4.69, 9.17) is 23.2 Å². The summed E-state index contributed by atoms with van der Waals surface area (Å²) in [5, 5.41) is 5.00. The van der Waals surface area contributed by atoms with E-state index in [9.17, 15) is 0 Å². The van der Waals surface area contributed by atoms with Crippen molar-refractivity contribution in [1.29, 1.82) is 0 Å². The van der Waals surface area contributed by atoms with Crippen LogP contribution in [0.3, 0.4) is 0 Å². The summed E-state index contributed by atoms with van der Waals surface area (Å²) in [6, 6.07) is 7.02. The Morgan fingerprint density at radius 1 is 1.38 bits per heavy atom. The van der Waals surface area contributed by atoms with Crippen LogP contribution in [0.1, 0.15) is 18.9 Å². The zero-order valence-electron chi connectivity index (χ0n) is 12.7. The molecule has 0 radical (unpaired) electrons. The molecule has 2 rings (SSSR count). The molecule has 0 saturated carbocycles. The van der Waals surface area contributed by atoms with E-state index in [2.05, 4.69) is 42.0 Å². The SMILES string of the molecule is CCCNC(Cc1ccc(Cl)c(Cl)c1)C1CSCCN1C. The van der Waals surface area contributed by atoms with Crippen molar-refractivity contribution in [2.75, 3.05) is 31.6 Å². The van der Waals surface area contributed by atoms with Gasteiger partial charge >= 0.3 is 0 Å². The van der Waals surface area contributed by atoms with Crippen molar-refractivity contribution in [3.63, 3.8) is 0 Å². The molecular formula is C16H24Cl2N2S. The first-order valence-electron chi connectivity index (χ1n) is 7.57. The minimum atomic E-state index is 0.458. The van der Waals surface area contributed by atoms with Crippen LogP contribution in [0.15, 0.2) is 18.2 Å². The van der Waals surface area contributed by atoms with Gasteiger partial charge in [0, 0.05) is 30.1 Å². The molecule has 2 atom stereocenters. The van der Waals surface area contributed by atoms with E-state index in [1.807, 2.05) is 12.1 Å². The molecule has 1 aromatic carbocycles. The van der Waals surface area contributed by atoms with E-state index in [1.54, 1.807) is 0 Å². The third kappa shape index (κ3) is 5.04. The maximum atomic E-state index is 6.15. The molecule has 1 aliphatic heterocycles. The molecule has 1 N–H and O–H groups in total. The highest BCUT2D eigenvalue weighted by Crippen LogP contribution is 2.25. The normalized spacial score (nSPS) is 21.4. The predicted molar refractivity (Wildman–Crippen MR) is 96.0 cm³/mol. The summed E-state index contributed by atoms with van der Waals surface area (Å²) in [6.07, 6.45) is 2.15. The number of nitrogens with one attached hydrogen (secondary N) is 1. The number of nitrogens with zero attached hydrogens (tertiary/aromatic N) is 1. The Hall–Kier alpha value is 0.0700. The van der Waals surface area contributed by atoms with Crippen molar-refractivity contribution >= 4 is 35.0 Å². The Kier molecular flexibility index (Phi) is 7.17. The lowest BCUT2D eigenvalue weighted by molar-refractivity contribution is 0.213. The highest BCUT2D eigenvalue weighted by Gasteiger charge is 2.27. The molecule has 0 amide bonds. The largest absolute Gasteiger partial charge is 0.312 e. The van der Waals surface area contributed by atoms with Gasteiger partial charge in [0.05, 0.1) is 10.0 Å². The Balaban J connectivity index is 2.09. The lowest BCUT2D eigenvalue weighted by atomic mass is 9.99. The summed E-state index contributed by atoms with van der Waals surface area (Å²) in [5.74, 6) is 2.43. The van der Waals surface area contributed by atoms with Crippen molar-refractivity contribution in [1.82, 2.24) is 10.2 Å². The summed E-state index contributed by atoms with van der Waals surface area (Å²) in [7, 11) is 2.24. The van der Waals surface area contributed by atoms with Crippen LogP contribution in [-0.2, 0) is 6.42 Å². The summed E-state index contributed by atoms with van der Waals surface area (Å²) in [4.78, 5) is 2.49. The maximum absolute atomic E-state index is 6.15. The smallest absolute Gasteiger partial charge is 0.0595 e. The predicted octanol–water partition coefficient (Wildman–Crippen LogP) is 3.95. The second-order valence-electron chi connectivity index (χ2n) is 5.64. The second kappa shape index (κ2) is 8.64. The third-order valence-corrected chi connectivity index (χ3v) is 5.79. The summed E-state index contributed by atoms with van der Waals surface area (Å²) < 4.78 is 0. The van der Waals surface area contributed by atoms with Crippen molar-refractivity contribution in [3.8, 4) is 0 Å². The van der Waals surface area contributed by atoms with Crippen LogP contribution in [0.25, 0.3) is 0 Å². The van der Waals surface area contributed by atoms with Gasteiger partial charge in [0.15, 0.2) is 0 Å². The first-order chi connectivity index (χ1) is 10.1. The highest BCUT2D eigenvalue weighted by molar-refractivity contribution is 7.99. The lowest BCUT2D eigenvalue weighted by Gasteiger charge is -2.38. The van der Waals surface area contributed by atoms with E-state index >= 15 is 0 Å². The van der Waals surface area contributed by atoms with E-state index in [1.165, 1.54) is 23.6 Å². The van der Waals surface area contributed by atoms with Gasteiger partial charge in [0.25, 0.3) is 0 Å². The summed E-state index contributed by atoms with van der Waals surface area (Å²) >= 11 is 14.2. The number of thioether (sulfide) groups is 1. The van der Waals surface area contributed by atoms with Crippen LogP contribution in [0.4, 0.5) is 0 Å².